The Morgan fingerprint density at radius 1 is 0.875 bits per heavy atom. The van der Waals surface area contributed by atoms with Crippen LogP contribution in [-0.2, 0) is 17.8 Å². The zero-order valence-corrected chi connectivity index (χ0v) is 14.2. The molecule has 0 atom stereocenters. The van der Waals surface area contributed by atoms with E-state index in [9.17, 15) is 4.79 Å². The number of amides is 1. The highest BCUT2D eigenvalue weighted by Crippen LogP contribution is 2.20. The van der Waals surface area contributed by atoms with Crippen LogP contribution in [0.25, 0.3) is 0 Å². The third-order valence-electron chi connectivity index (χ3n) is 4.63. The topological polar surface area (TPSA) is 32.3 Å². The van der Waals surface area contributed by atoms with Crippen molar-refractivity contribution >= 4 is 11.6 Å². The van der Waals surface area contributed by atoms with Crippen molar-refractivity contribution in [1.29, 1.82) is 0 Å². The number of rotatable bonds is 6. The summed E-state index contributed by atoms with van der Waals surface area (Å²) in [4.78, 5) is 14.4. The molecule has 1 fully saturated rings. The summed E-state index contributed by atoms with van der Waals surface area (Å²) in [5.74, 6) is 0.110. The van der Waals surface area contributed by atoms with E-state index in [1.165, 1.54) is 30.5 Å². The van der Waals surface area contributed by atoms with Crippen LogP contribution in [0.5, 0.6) is 0 Å². The first-order valence-electron chi connectivity index (χ1n) is 8.96. The summed E-state index contributed by atoms with van der Waals surface area (Å²) in [6, 6.07) is 18.8. The molecule has 3 heteroatoms. The Kier molecular flexibility index (Phi) is 5.89. The van der Waals surface area contributed by atoms with Gasteiger partial charge in [0, 0.05) is 31.7 Å². The molecule has 1 heterocycles. The van der Waals surface area contributed by atoms with Gasteiger partial charge in [0.1, 0.15) is 0 Å². The Hall–Kier alpha value is -2.29. The number of anilines is 1. The molecule has 24 heavy (non-hydrogen) atoms. The predicted molar refractivity (Wildman–Crippen MR) is 99.1 cm³/mol. The van der Waals surface area contributed by atoms with Crippen molar-refractivity contribution in [2.45, 2.75) is 38.6 Å². The first kappa shape index (κ1) is 16.6. The molecule has 3 nitrogen and oxygen atoms in total. The number of benzene rings is 2. The molecule has 2 aromatic rings. The van der Waals surface area contributed by atoms with Crippen LogP contribution >= 0.6 is 0 Å². The highest BCUT2D eigenvalue weighted by Gasteiger charge is 2.10. The van der Waals surface area contributed by atoms with E-state index in [-0.39, 0.29) is 5.91 Å². The molecule has 0 radical (unpaired) electrons. The van der Waals surface area contributed by atoms with Gasteiger partial charge in [-0.3, -0.25) is 4.79 Å². The summed E-state index contributed by atoms with van der Waals surface area (Å²) in [6.45, 7) is 2.93. The van der Waals surface area contributed by atoms with Crippen LogP contribution in [0.4, 0.5) is 5.69 Å². The number of carbonyl (C=O) groups is 1. The highest BCUT2D eigenvalue weighted by atomic mass is 16.1. The number of hydrogen-bond acceptors (Lipinski definition) is 2. The Morgan fingerprint density at radius 2 is 1.58 bits per heavy atom. The van der Waals surface area contributed by atoms with Gasteiger partial charge >= 0.3 is 0 Å². The molecule has 1 amide bonds. The van der Waals surface area contributed by atoms with Gasteiger partial charge in [-0.15, -0.1) is 0 Å². The van der Waals surface area contributed by atoms with Crippen LogP contribution in [-0.4, -0.2) is 19.0 Å². The lowest BCUT2D eigenvalue weighted by Gasteiger charge is -2.28. The van der Waals surface area contributed by atoms with Gasteiger partial charge in [-0.1, -0.05) is 42.5 Å². The van der Waals surface area contributed by atoms with Crippen LogP contribution in [0.2, 0.25) is 0 Å². The second-order valence-electron chi connectivity index (χ2n) is 6.48. The fourth-order valence-electron chi connectivity index (χ4n) is 3.17. The smallest absolute Gasteiger partial charge is 0.220 e. The molecule has 0 saturated carbocycles. The van der Waals surface area contributed by atoms with Crippen LogP contribution in [0.1, 0.15) is 36.8 Å². The van der Waals surface area contributed by atoms with Crippen LogP contribution in [0.3, 0.4) is 0 Å². The molecule has 0 aromatic heterocycles. The maximum absolute atomic E-state index is 12.0. The summed E-state index contributed by atoms with van der Waals surface area (Å²) in [5, 5.41) is 3.02. The largest absolute Gasteiger partial charge is 0.372 e. The third-order valence-corrected chi connectivity index (χ3v) is 4.63. The minimum atomic E-state index is 0.110. The Bertz CT molecular complexity index is 631. The number of nitrogens with one attached hydrogen (secondary N) is 1. The number of piperidine rings is 1. The predicted octanol–water partition coefficient (Wildman–Crippen LogP) is 3.93. The average Bonchev–Trinajstić information content (AvgIpc) is 2.67. The fraction of sp³-hybridized carbons (Fsp3) is 0.381. The average molecular weight is 322 g/mol. The third kappa shape index (κ3) is 4.85. The summed E-state index contributed by atoms with van der Waals surface area (Å²) >= 11 is 0. The van der Waals surface area contributed by atoms with Gasteiger partial charge in [0.15, 0.2) is 0 Å². The number of nitrogens with zero attached hydrogens (tertiary/aromatic N) is 1. The number of hydrogen-bond donors (Lipinski definition) is 1. The van der Waals surface area contributed by atoms with Crippen molar-refractivity contribution in [3.05, 3.63) is 65.7 Å². The molecule has 0 aliphatic carbocycles. The lowest BCUT2D eigenvalue weighted by molar-refractivity contribution is -0.121. The maximum atomic E-state index is 12.0. The van der Waals surface area contributed by atoms with Gasteiger partial charge in [-0.05, 0) is 48.9 Å². The molecule has 1 aliphatic rings. The first-order chi connectivity index (χ1) is 11.8. The van der Waals surface area contributed by atoms with Gasteiger partial charge in [0.05, 0.1) is 0 Å². The van der Waals surface area contributed by atoms with Crippen LogP contribution in [0.15, 0.2) is 54.6 Å². The molecule has 2 aromatic carbocycles. The van der Waals surface area contributed by atoms with Gasteiger partial charge in [0.2, 0.25) is 5.91 Å². The normalized spacial score (nSPS) is 14.4. The van der Waals surface area contributed by atoms with E-state index in [1.807, 2.05) is 18.2 Å². The van der Waals surface area contributed by atoms with E-state index >= 15 is 0 Å². The summed E-state index contributed by atoms with van der Waals surface area (Å²) < 4.78 is 0. The Morgan fingerprint density at radius 3 is 2.29 bits per heavy atom. The molecule has 0 spiro atoms. The van der Waals surface area contributed by atoms with Gasteiger partial charge in [0.25, 0.3) is 0 Å². The number of aryl methyl sites for hydroxylation is 1. The molecule has 0 bridgehead atoms. The van der Waals surface area contributed by atoms with E-state index in [0.717, 1.165) is 25.1 Å². The molecule has 3 rings (SSSR count). The molecular formula is C21H26N2O. The van der Waals surface area contributed by atoms with E-state index < -0.39 is 0 Å². The van der Waals surface area contributed by atoms with Crippen molar-refractivity contribution in [1.82, 2.24) is 5.32 Å². The first-order valence-corrected chi connectivity index (χ1v) is 8.96. The molecule has 126 valence electrons. The molecule has 1 saturated heterocycles. The Labute approximate surface area is 144 Å². The van der Waals surface area contributed by atoms with E-state index in [0.29, 0.717) is 13.0 Å². The van der Waals surface area contributed by atoms with Crippen molar-refractivity contribution < 1.29 is 4.79 Å². The maximum Gasteiger partial charge on any atom is 0.220 e. The van der Waals surface area contributed by atoms with E-state index in [4.69, 9.17) is 0 Å². The van der Waals surface area contributed by atoms with E-state index in [2.05, 4.69) is 46.6 Å². The van der Waals surface area contributed by atoms with Crippen LogP contribution in [0, 0.1) is 0 Å². The zero-order chi connectivity index (χ0) is 16.6. The summed E-state index contributed by atoms with van der Waals surface area (Å²) in [5.41, 5.74) is 3.66. The van der Waals surface area contributed by atoms with E-state index in [1.54, 1.807) is 0 Å². The molecule has 1 N–H and O–H groups in total. The van der Waals surface area contributed by atoms with Crippen molar-refractivity contribution in [3.8, 4) is 0 Å². The monoisotopic (exact) mass is 322 g/mol. The minimum Gasteiger partial charge on any atom is -0.372 e. The second-order valence-corrected chi connectivity index (χ2v) is 6.48. The summed E-state index contributed by atoms with van der Waals surface area (Å²) in [6.07, 6.45) is 5.26. The molecule has 0 unspecified atom stereocenters. The van der Waals surface area contributed by atoms with Crippen molar-refractivity contribution in [3.63, 3.8) is 0 Å². The van der Waals surface area contributed by atoms with Gasteiger partial charge < -0.3 is 10.2 Å². The van der Waals surface area contributed by atoms with Gasteiger partial charge in [-0.2, -0.15) is 0 Å². The standard InChI is InChI=1S/C21H26N2O/c24-21(14-11-18-7-3-1-4-8-18)22-17-19-9-12-20(13-10-19)23-15-5-2-6-16-23/h1,3-4,7-10,12-13H,2,5-6,11,14-17H2,(H,22,24). The molecule has 1 aliphatic heterocycles. The zero-order valence-electron chi connectivity index (χ0n) is 14.2. The lowest BCUT2D eigenvalue weighted by atomic mass is 10.1. The Balaban J connectivity index is 1.43. The summed E-state index contributed by atoms with van der Waals surface area (Å²) in [7, 11) is 0. The van der Waals surface area contributed by atoms with Gasteiger partial charge in [-0.25, -0.2) is 0 Å². The SMILES string of the molecule is O=C(CCc1ccccc1)NCc1ccc(N2CCCCC2)cc1. The highest BCUT2D eigenvalue weighted by molar-refractivity contribution is 5.76. The minimum absolute atomic E-state index is 0.110. The number of carbonyl (C=O) groups excluding carboxylic acids is 1. The van der Waals surface area contributed by atoms with Crippen molar-refractivity contribution in [2.24, 2.45) is 0 Å². The van der Waals surface area contributed by atoms with Crippen LogP contribution < -0.4 is 10.2 Å². The fourth-order valence-corrected chi connectivity index (χ4v) is 3.17. The molecular weight excluding hydrogens is 296 g/mol. The lowest BCUT2D eigenvalue weighted by Crippen LogP contribution is -2.29. The van der Waals surface area contributed by atoms with Crippen molar-refractivity contribution in [2.75, 3.05) is 18.0 Å². The quantitative estimate of drug-likeness (QED) is 0.874. The second kappa shape index (κ2) is 8.53.